The molecule has 0 radical (unpaired) electrons. The van der Waals surface area contributed by atoms with Crippen molar-refractivity contribution >= 4 is 20.5 Å². The number of rotatable bonds is 16. The first-order valence-corrected chi connectivity index (χ1v) is 20.6. The van der Waals surface area contributed by atoms with Crippen LogP contribution in [0.15, 0.2) is 96.1 Å². The van der Waals surface area contributed by atoms with Gasteiger partial charge in [0.25, 0.3) is 0 Å². The Morgan fingerprint density at radius 2 is 0.922 bits per heavy atom. The topological polar surface area (TPSA) is 25.3 Å². The van der Waals surface area contributed by atoms with E-state index in [2.05, 4.69) is 128 Å². The summed E-state index contributed by atoms with van der Waals surface area (Å²) in [5.74, 6) is 0. The Kier molecular flexibility index (Phi) is 16.2. The van der Waals surface area contributed by atoms with E-state index in [-0.39, 0.29) is 0 Å². The van der Waals surface area contributed by atoms with Crippen LogP contribution in [0.2, 0.25) is 0 Å². The molecule has 5 rings (SSSR count). The van der Waals surface area contributed by atoms with Crippen molar-refractivity contribution in [2.75, 3.05) is 0 Å². The fourth-order valence-electron chi connectivity index (χ4n) is 7.17. The maximum absolute atomic E-state index is 12.1. The van der Waals surface area contributed by atoms with Gasteiger partial charge >= 0.3 is 84.2 Å². The quantitative estimate of drug-likeness (QED) is 0.0812. The third-order valence-corrected chi connectivity index (χ3v) is 11.2. The van der Waals surface area contributed by atoms with Crippen molar-refractivity contribution < 1.29 is 19.1 Å². The van der Waals surface area contributed by atoms with Gasteiger partial charge in [0.15, 0.2) is 0 Å². The van der Waals surface area contributed by atoms with Crippen molar-refractivity contribution in [1.82, 2.24) is 0 Å². The molecule has 4 aromatic rings. The minimum atomic E-state index is 1.01. The number of hydrogen-bond acceptors (Lipinski definition) is 0. The first-order chi connectivity index (χ1) is 24.8. The number of nitrogens with zero attached hydrogens (tertiary/aromatic N) is 2. The normalized spacial score (nSPS) is 12.9. The van der Waals surface area contributed by atoms with E-state index in [1.807, 2.05) is 12.1 Å². The molecule has 0 aliphatic carbocycles. The molecule has 4 aromatic carbocycles. The summed E-state index contributed by atoms with van der Waals surface area (Å²) < 4.78 is 4.20. The Labute approximate surface area is 316 Å². The number of aryl methyl sites for hydroxylation is 4. The Morgan fingerprint density at radius 1 is 0.510 bits per heavy atom. The third-order valence-electron chi connectivity index (χ3n) is 9.98. The third kappa shape index (κ3) is 10.5. The standard InChI is InChI=1S/C36H52N2.2C6H5.Ni/c1-9-14-19-33-34(20-15-10-2)36(38(37)35(33)30-21-25(6)27(8)26(7)22-30)31-23-28(16-11-3)32(18-13-5)29(24-31)17-12-4;2*1-2-4-6-5-3-1;/h21-24H,9-20H2,1-8H3;2*1-5H;. The van der Waals surface area contributed by atoms with Crippen LogP contribution >= 0.6 is 0 Å². The van der Waals surface area contributed by atoms with Crippen LogP contribution in [0, 0.1) is 20.8 Å². The number of unbranched alkanes of at least 4 members (excludes halogenated alkanes) is 2. The first-order valence-electron chi connectivity index (χ1n) is 19.6. The molecule has 1 aliphatic rings. The summed E-state index contributed by atoms with van der Waals surface area (Å²) in [6.07, 6.45) is 13.4. The molecule has 51 heavy (non-hydrogen) atoms. The van der Waals surface area contributed by atoms with Gasteiger partial charge < -0.3 is 5.53 Å². The molecular formula is C48H62N2Ni. The number of allylic oxidation sites excluding steroid dienone is 2. The molecule has 0 fully saturated rings. The molecule has 0 spiro atoms. The van der Waals surface area contributed by atoms with Crippen LogP contribution in [0.25, 0.3) is 16.9 Å². The fourth-order valence-corrected chi connectivity index (χ4v) is 8.21. The van der Waals surface area contributed by atoms with Crippen molar-refractivity contribution in [3.8, 4) is 0 Å². The monoisotopic (exact) mass is 724 g/mol. The van der Waals surface area contributed by atoms with E-state index >= 15 is 0 Å². The van der Waals surface area contributed by atoms with E-state index in [0.29, 0.717) is 0 Å². The fraction of sp³-hybridized carbons (Fsp3) is 0.417. The van der Waals surface area contributed by atoms with Crippen molar-refractivity contribution in [2.45, 2.75) is 132 Å². The average Bonchev–Trinajstić information content (AvgIpc) is 3.41. The van der Waals surface area contributed by atoms with Gasteiger partial charge in [0, 0.05) is 22.3 Å². The molecule has 0 saturated carbocycles. The predicted octanol–water partition coefficient (Wildman–Crippen LogP) is 12.7. The molecule has 1 aliphatic heterocycles. The molecule has 0 aromatic heterocycles. The zero-order valence-electron chi connectivity index (χ0n) is 32.8. The Balaban J connectivity index is 0.000000372. The molecule has 0 atom stereocenters. The molecule has 274 valence electrons. The van der Waals surface area contributed by atoms with Crippen LogP contribution in [0.3, 0.4) is 0 Å². The summed E-state index contributed by atoms with van der Waals surface area (Å²) in [5, 5.41) is 0. The average molecular weight is 726 g/mol. The van der Waals surface area contributed by atoms with Crippen LogP contribution in [-0.4, -0.2) is 4.70 Å². The number of hydrogen-bond donors (Lipinski definition) is 0. The van der Waals surface area contributed by atoms with Gasteiger partial charge in [-0.25, -0.2) is 4.70 Å². The minimum absolute atomic E-state index is 1.01. The molecule has 1 heterocycles. The van der Waals surface area contributed by atoms with Crippen molar-refractivity contribution in [3.63, 3.8) is 0 Å². The van der Waals surface area contributed by atoms with Crippen LogP contribution < -0.4 is 9.07 Å². The molecule has 3 heteroatoms. The van der Waals surface area contributed by atoms with Gasteiger partial charge in [-0.15, -0.1) is 0 Å². The van der Waals surface area contributed by atoms with E-state index in [9.17, 15) is 5.53 Å². The first kappa shape index (κ1) is 40.2. The molecule has 0 bridgehead atoms. The van der Waals surface area contributed by atoms with Crippen molar-refractivity contribution in [1.29, 1.82) is 0 Å². The van der Waals surface area contributed by atoms with Crippen molar-refractivity contribution in [2.24, 2.45) is 0 Å². The number of benzene rings is 4. The van der Waals surface area contributed by atoms with Gasteiger partial charge in [-0.2, -0.15) is 0 Å². The molecule has 0 N–H and O–H groups in total. The maximum atomic E-state index is 12.1. The second kappa shape index (κ2) is 20.5. The van der Waals surface area contributed by atoms with Crippen LogP contribution in [0.5, 0.6) is 0 Å². The Hall–Kier alpha value is -3.55. The van der Waals surface area contributed by atoms with Gasteiger partial charge in [-0.3, -0.25) is 0 Å². The molecule has 0 unspecified atom stereocenters. The van der Waals surface area contributed by atoms with Crippen LogP contribution in [0.1, 0.15) is 137 Å². The molecule has 0 amide bonds. The second-order valence-corrected chi connectivity index (χ2v) is 15.4. The van der Waals surface area contributed by atoms with E-state index in [1.54, 1.807) is 24.7 Å². The van der Waals surface area contributed by atoms with Crippen molar-refractivity contribution in [3.05, 3.63) is 146 Å². The Bertz CT molecular complexity index is 1710. The van der Waals surface area contributed by atoms with Gasteiger partial charge in [0.2, 0.25) is 11.4 Å². The summed E-state index contributed by atoms with van der Waals surface area (Å²) in [6.45, 7) is 18.0. The summed E-state index contributed by atoms with van der Waals surface area (Å²) in [5.41, 5.74) is 27.6. The van der Waals surface area contributed by atoms with E-state index in [1.165, 1.54) is 60.0 Å². The van der Waals surface area contributed by atoms with E-state index < -0.39 is 0 Å². The van der Waals surface area contributed by atoms with E-state index in [0.717, 1.165) is 87.6 Å². The van der Waals surface area contributed by atoms with Gasteiger partial charge in [0.1, 0.15) is 0 Å². The zero-order valence-corrected chi connectivity index (χ0v) is 33.8. The van der Waals surface area contributed by atoms with Gasteiger partial charge in [-0.05, 0) is 123 Å². The summed E-state index contributed by atoms with van der Waals surface area (Å²) in [4.78, 5) is 0. The zero-order chi connectivity index (χ0) is 36.8. The Morgan fingerprint density at radius 3 is 1.31 bits per heavy atom. The SMILES string of the molecule is CCCCC1=C(c2cc(C)c(C)c(C)c2)[N+](=[N-])C(c2cc(CCC)c(CCC)c(CCC)c2)=C1CCCC.c1cc[c]([Ni][c]2ccccc2)cc1. The van der Waals surface area contributed by atoms with Gasteiger partial charge in [0.05, 0.1) is 0 Å². The van der Waals surface area contributed by atoms with E-state index in [4.69, 9.17) is 0 Å². The summed E-state index contributed by atoms with van der Waals surface area (Å²) >= 11 is 1.60. The van der Waals surface area contributed by atoms with Gasteiger partial charge in [-0.1, -0.05) is 66.7 Å². The molecular weight excluding hydrogens is 663 g/mol. The van der Waals surface area contributed by atoms with Crippen LogP contribution in [0.4, 0.5) is 0 Å². The predicted molar refractivity (Wildman–Crippen MR) is 218 cm³/mol. The summed E-state index contributed by atoms with van der Waals surface area (Å²) in [7, 11) is 0. The molecule has 0 saturated heterocycles. The second-order valence-electron chi connectivity index (χ2n) is 14.0. The summed E-state index contributed by atoms with van der Waals surface area (Å²) in [6, 6.07) is 30.3. The van der Waals surface area contributed by atoms with Crippen LogP contribution in [-0.2, 0) is 33.7 Å². The molecule has 2 nitrogen and oxygen atoms in total.